The van der Waals surface area contributed by atoms with Crippen LogP contribution in [0.25, 0.3) is 0 Å². The van der Waals surface area contributed by atoms with Gasteiger partial charge in [-0.3, -0.25) is 4.98 Å². The molecule has 7 heteroatoms. The molecule has 0 bridgehead atoms. The second-order valence-electron chi connectivity index (χ2n) is 14.7. The van der Waals surface area contributed by atoms with Crippen molar-refractivity contribution in [1.29, 1.82) is 0 Å². The lowest BCUT2D eigenvalue weighted by Crippen LogP contribution is -2.44. The maximum absolute atomic E-state index is 13.7. The molecule has 1 aromatic heterocycles. The molecule has 216 valence electrons. The molecule has 0 aromatic carbocycles. The lowest BCUT2D eigenvalue weighted by Gasteiger charge is -2.45. The third kappa shape index (κ3) is 5.44. The first-order valence-corrected chi connectivity index (χ1v) is 17.7. The van der Waals surface area contributed by atoms with Gasteiger partial charge in [0.1, 0.15) is 0 Å². The van der Waals surface area contributed by atoms with E-state index in [4.69, 9.17) is 14.1 Å². The van der Waals surface area contributed by atoms with E-state index in [9.17, 15) is 13.2 Å². The highest BCUT2D eigenvalue weighted by atomic mass is 28.4. The van der Waals surface area contributed by atoms with Gasteiger partial charge in [-0.05, 0) is 74.1 Å². The third-order valence-electron chi connectivity index (χ3n) is 10.0. The SMILES string of the molecule is CC1OC([C@@H]2C=CC=C(C(F)(F)F)C2)c2c1nc1c(c2C2CCCC2)[C@@H](O[Si](C)(C)C(C)(C)C)CC(C)(C)C1. The Balaban J connectivity index is 1.67. The number of rotatable bonds is 4. The van der Waals surface area contributed by atoms with Gasteiger partial charge in [-0.25, -0.2) is 0 Å². The first-order chi connectivity index (χ1) is 18.0. The number of allylic oxidation sites excluding steroid dienone is 3. The summed E-state index contributed by atoms with van der Waals surface area (Å²) in [5.74, 6) is 0.0129. The Bertz CT molecular complexity index is 1170. The fourth-order valence-corrected chi connectivity index (χ4v) is 8.28. The number of aromatic nitrogens is 1. The third-order valence-corrected chi connectivity index (χ3v) is 14.5. The molecule has 0 spiro atoms. The van der Waals surface area contributed by atoms with Crippen molar-refractivity contribution in [2.75, 3.05) is 0 Å². The molecule has 4 aliphatic rings. The van der Waals surface area contributed by atoms with Crippen molar-refractivity contribution in [2.24, 2.45) is 11.3 Å². The summed E-state index contributed by atoms with van der Waals surface area (Å²) in [5, 5.41) is 0.0693. The van der Waals surface area contributed by atoms with Gasteiger partial charge in [-0.15, -0.1) is 0 Å². The van der Waals surface area contributed by atoms with E-state index in [-0.39, 0.29) is 35.0 Å². The highest BCUT2D eigenvalue weighted by Crippen LogP contribution is 2.56. The van der Waals surface area contributed by atoms with Gasteiger partial charge in [-0.2, -0.15) is 13.2 Å². The second kappa shape index (κ2) is 9.83. The molecule has 3 nitrogen and oxygen atoms in total. The number of fused-ring (bicyclic) bond motifs is 2. The predicted molar refractivity (Wildman–Crippen MR) is 152 cm³/mol. The van der Waals surface area contributed by atoms with E-state index in [1.54, 1.807) is 6.08 Å². The first kappa shape index (κ1) is 29.1. The van der Waals surface area contributed by atoms with E-state index in [1.165, 1.54) is 30.0 Å². The van der Waals surface area contributed by atoms with Crippen molar-refractivity contribution in [2.45, 2.75) is 135 Å². The number of pyridine rings is 1. The summed E-state index contributed by atoms with van der Waals surface area (Å²) in [4.78, 5) is 5.31. The highest BCUT2D eigenvalue weighted by Gasteiger charge is 2.48. The van der Waals surface area contributed by atoms with Crippen molar-refractivity contribution in [3.05, 3.63) is 51.9 Å². The Hall–Kier alpha value is -1.44. The predicted octanol–water partition coefficient (Wildman–Crippen LogP) is 9.97. The molecule has 1 aromatic rings. The molecule has 0 amide bonds. The molecule has 1 saturated carbocycles. The van der Waals surface area contributed by atoms with Gasteiger partial charge in [0.05, 0.1) is 24.0 Å². The van der Waals surface area contributed by atoms with Gasteiger partial charge < -0.3 is 9.16 Å². The summed E-state index contributed by atoms with van der Waals surface area (Å²) in [6.07, 6.45) is 5.97. The number of nitrogens with zero attached hydrogens (tertiary/aromatic N) is 1. The van der Waals surface area contributed by atoms with Crippen LogP contribution in [0.5, 0.6) is 0 Å². The Morgan fingerprint density at radius 2 is 1.72 bits per heavy atom. The van der Waals surface area contributed by atoms with Gasteiger partial charge in [-0.1, -0.05) is 65.7 Å². The van der Waals surface area contributed by atoms with Crippen molar-refractivity contribution in [1.82, 2.24) is 4.98 Å². The van der Waals surface area contributed by atoms with Crippen LogP contribution in [0.15, 0.2) is 23.8 Å². The minimum atomic E-state index is -4.33. The molecule has 1 aliphatic heterocycles. The van der Waals surface area contributed by atoms with Gasteiger partial charge >= 0.3 is 6.18 Å². The molecule has 3 aliphatic carbocycles. The number of hydrogen-bond acceptors (Lipinski definition) is 3. The number of alkyl halides is 3. The van der Waals surface area contributed by atoms with E-state index in [1.807, 2.05) is 13.0 Å². The summed E-state index contributed by atoms with van der Waals surface area (Å²) >= 11 is 0. The number of hydrogen-bond donors (Lipinski definition) is 0. The zero-order valence-corrected chi connectivity index (χ0v) is 26.0. The van der Waals surface area contributed by atoms with Crippen LogP contribution in [0.4, 0.5) is 13.2 Å². The van der Waals surface area contributed by atoms with E-state index in [0.29, 0.717) is 5.92 Å². The van der Waals surface area contributed by atoms with Crippen molar-refractivity contribution >= 4 is 8.32 Å². The largest absolute Gasteiger partial charge is 0.412 e. The maximum Gasteiger partial charge on any atom is 0.412 e. The Morgan fingerprint density at radius 3 is 2.33 bits per heavy atom. The average Bonchev–Trinajstić information content (AvgIpc) is 3.44. The fraction of sp³-hybridized carbons (Fsp3) is 0.719. The zero-order chi connectivity index (χ0) is 28.5. The van der Waals surface area contributed by atoms with Crippen LogP contribution in [0, 0.1) is 11.3 Å². The summed E-state index contributed by atoms with van der Waals surface area (Å²) < 4.78 is 55.0. The Morgan fingerprint density at radius 1 is 1.05 bits per heavy atom. The van der Waals surface area contributed by atoms with Gasteiger partial charge in [0.2, 0.25) is 0 Å². The Labute approximate surface area is 233 Å². The molecule has 5 rings (SSSR count). The molecular formula is C32H46F3NO2Si. The summed E-state index contributed by atoms with van der Waals surface area (Å²) in [6, 6.07) is 0. The minimum Gasteiger partial charge on any atom is -0.410 e. The van der Waals surface area contributed by atoms with Crippen LogP contribution in [-0.2, 0) is 15.6 Å². The van der Waals surface area contributed by atoms with Crippen LogP contribution in [0.2, 0.25) is 18.1 Å². The monoisotopic (exact) mass is 561 g/mol. The molecular weight excluding hydrogens is 515 g/mol. The zero-order valence-electron chi connectivity index (χ0n) is 25.0. The van der Waals surface area contributed by atoms with E-state index < -0.39 is 26.2 Å². The van der Waals surface area contributed by atoms with E-state index in [0.717, 1.165) is 42.6 Å². The van der Waals surface area contributed by atoms with Crippen LogP contribution < -0.4 is 0 Å². The molecule has 0 radical (unpaired) electrons. The standard InChI is InChI=1S/C32H46F3NO2Si/c1-19-28-27(29(37-19)21-14-11-15-22(16-21)32(33,34)35)25(20-12-9-10-13-20)26-23(36-28)17-31(5,6)18-24(26)38-39(7,8)30(2,3)4/h11,14-15,19-21,24,29H,9-10,12-13,16-18H2,1-8H3/t19?,21-,24+,29?/m1/s1. The Kier molecular flexibility index (Phi) is 7.33. The second-order valence-corrected chi connectivity index (χ2v) is 19.5. The summed E-state index contributed by atoms with van der Waals surface area (Å²) in [5.41, 5.74) is 5.29. The van der Waals surface area contributed by atoms with Crippen molar-refractivity contribution in [3.63, 3.8) is 0 Å². The van der Waals surface area contributed by atoms with Crippen LogP contribution >= 0.6 is 0 Å². The smallest absolute Gasteiger partial charge is 0.410 e. The minimum absolute atomic E-state index is 0.0504. The normalized spacial score (nSPS) is 29.4. The van der Waals surface area contributed by atoms with Crippen LogP contribution in [-0.4, -0.2) is 19.5 Å². The number of halogens is 3. The van der Waals surface area contributed by atoms with Gasteiger partial charge in [0.15, 0.2) is 8.32 Å². The molecule has 0 N–H and O–H groups in total. The first-order valence-electron chi connectivity index (χ1n) is 14.8. The van der Waals surface area contributed by atoms with E-state index >= 15 is 0 Å². The highest BCUT2D eigenvalue weighted by molar-refractivity contribution is 6.74. The maximum atomic E-state index is 13.7. The fourth-order valence-electron chi connectivity index (χ4n) is 7.01. The van der Waals surface area contributed by atoms with Crippen LogP contribution in [0.3, 0.4) is 0 Å². The van der Waals surface area contributed by atoms with Crippen LogP contribution in [0.1, 0.15) is 132 Å². The molecule has 2 heterocycles. The summed E-state index contributed by atoms with van der Waals surface area (Å²) in [7, 11) is -2.11. The molecule has 4 atom stereocenters. The van der Waals surface area contributed by atoms with Crippen molar-refractivity contribution < 1.29 is 22.3 Å². The quantitative estimate of drug-likeness (QED) is 0.343. The van der Waals surface area contributed by atoms with Crippen molar-refractivity contribution in [3.8, 4) is 0 Å². The molecule has 2 unspecified atom stereocenters. The lowest BCUT2D eigenvalue weighted by atomic mass is 9.70. The van der Waals surface area contributed by atoms with E-state index in [2.05, 4.69) is 47.7 Å². The van der Waals surface area contributed by atoms with Gasteiger partial charge in [0, 0.05) is 28.3 Å². The molecule has 1 fully saturated rings. The average molecular weight is 562 g/mol. The number of ether oxygens (including phenoxy) is 1. The van der Waals surface area contributed by atoms with Gasteiger partial charge in [0.25, 0.3) is 0 Å². The molecule has 39 heavy (non-hydrogen) atoms. The molecule has 0 saturated heterocycles. The summed E-state index contributed by atoms with van der Waals surface area (Å²) in [6.45, 7) is 18.1. The lowest BCUT2D eigenvalue weighted by molar-refractivity contribution is -0.0975. The topological polar surface area (TPSA) is 31.4 Å².